The molecule has 4 atom stereocenters. The van der Waals surface area contributed by atoms with Crippen LogP contribution in [0.1, 0.15) is 80.1 Å². The van der Waals surface area contributed by atoms with Gasteiger partial charge in [-0.1, -0.05) is 0 Å². The van der Waals surface area contributed by atoms with Crippen LogP contribution in [0.4, 0.5) is 27.2 Å². The molecule has 22 heteroatoms. The maximum atomic E-state index is 13.6. The molecular formula is C26H42Cl2F4N4O10S2. The smallest absolute Gasteiger partial charge is 0.420 e. The molecule has 4 fully saturated rings. The Morgan fingerprint density at radius 2 is 1.06 bits per heavy atom. The number of nitrogens with one attached hydrogen (secondary N) is 2. The van der Waals surface area contributed by atoms with Crippen LogP contribution in [0.15, 0.2) is 0 Å². The Morgan fingerprint density at radius 3 is 1.33 bits per heavy atom. The standard InChI is InChI=1S/C18H28F2N2O7S.C8H12F2N2O3S.2ClH/c1-16(2,3)28-14(24)22(15(25)29-17(4,5)6)18(9-11(18)12(19)20)13(23)21-30(26,27)10-7-8-10;9-6(10)5-3-8(5,11)7(13)12-16(14,15)4-1-2-4;;/h10-12H,7-9H2,1-6H3,(H,21,23);4-6H,1-3,11H2,(H,12,13);2*1H/t11-,18+;5-,8+;;/m00../s1. The number of ether oxygens (including phenoxy) is 2. The molecular weight excluding hydrogens is 739 g/mol. The Hall–Kier alpha value is -2.16. The number of hydrogen-bond donors (Lipinski definition) is 3. The Labute approximate surface area is 288 Å². The van der Waals surface area contributed by atoms with Gasteiger partial charge in [-0.15, -0.1) is 24.8 Å². The molecule has 0 saturated heterocycles. The van der Waals surface area contributed by atoms with Crippen molar-refractivity contribution in [3.8, 4) is 0 Å². The number of carbonyl (C=O) groups excluding carboxylic acids is 4. The third-order valence-electron chi connectivity index (χ3n) is 7.42. The number of halogens is 6. The number of amides is 4. The molecule has 4 aliphatic carbocycles. The monoisotopic (exact) mass is 780 g/mol. The van der Waals surface area contributed by atoms with E-state index in [0.29, 0.717) is 25.7 Å². The quantitative estimate of drug-likeness (QED) is 0.290. The zero-order valence-electron chi connectivity index (χ0n) is 27.0. The van der Waals surface area contributed by atoms with Gasteiger partial charge in [0.1, 0.15) is 22.3 Å². The molecule has 280 valence electrons. The van der Waals surface area contributed by atoms with Crippen molar-refractivity contribution in [2.24, 2.45) is 17.6 Å². The number of sulfonamides is 2. The Balaban J connectivity index is 0.000000541. The zero-order valence-corrected chi connectivity index (χ0v) is 30.2. The molecule has 0 spiro atoms. The van der Waals surface area contributed by atoms with Crippen LogP contribution in [0.25, 0.3) is 0 Å². The van der Waals surface area contributed by atoms with E-state index in [1.165, 1.54) is 41.5 Å². The minimum atomic E-state index is -4.11. The Bertz CT molecular complexity index is 1440. The van der Waals surface area contributed by atoms with E-state index in [0.717, 1.165) is 0 Å². The second-order valence-electron chi connectivity index (χ2n) is 13.9. The highest BCUT2D eigenvalue weighted by atomic mass is 35.5. The van der Waals surface area contributed by atoms with Crippen molar-refractivity contribution in [3.63, 3.8) is 0 Å². The summed E-state index contributed by atoms with van der Waals surface area (Å²) in [6.45, 7) is 8.92. The first-order chi connectivity index (χ1) is 20.7. The van der Waals surface area contributed by atoms with Crippen LogP contribution in [-0.2, 0) is 39.1 Å². The minimum Gasteiger partial charge on any atom is -0.443 e. The van der Waals surface area contributed by atoms with E-state index >= 15 is 0 Å². The van der Waals surface area contributed by atoms with Gasteiger partial charge in [-0.3, -0.25) is 19.0 Å². The first-order valence-corrected chi connectivity index (χ1v) is 17.5. The third-order valence-corrected chi connectivity index (χ3v) is 11.1. The maximum absolute atomic E-state index is 13.6. The minimum absolute atomic E-state index is 0. The van der Waals surface area contributed by atoms with E-state index in [2.05, 4.69) is 0 Å². The van der Waals surface area contributed by atoms with Crippen LogP contribution in [0.5, 0.6) is 0 Å². The maximum Gasteiger partial charge on any atom is 0.420 e. The van der Waals surface area contributed by atoms with E-state index in [-0.39, 0.29) is 36.1 Å². The van der Waals surface area contributed by atoms with Crippen LogP contribution in [0.2, 0.25) is 0 Å². The molecule has 0 aromatic rings. The highest BCUT2D eigenvalue weighted by Crippen LogP contribution is 2.53. The van der Waals surface area contributed by atoms with E-state index in [1.54, 1.807) is 9.44 Å². The largest absolute Gasteiger partial charge is 0.443 e. The van der Waals surface area contributed by atoms with Crippen molar-refractivity contribution >= 4 is 68.9 Å². The van der Waals surface area contributed by atoms with E-state index in [4.69, 9.17) is 15.2 Å². The molecule has 0 aromatic heterocycles. The zero-order chi connectivity index (χ0) is 35.4. The van der Waals surface area contributed by atoms with Gasteiger partial charge in [0.2, 0.25) is 32.9 Å². The first-order valence-electron chi connectivity index (χ1n) is 14.4. The van der Waals surface area contributed by atoms with Crippen molar-refractivity contribution in [2.75, 3.05) is 0 Å². The van der Waals surface area contributed by atoms with Crippen LogP contribution in [0.3, 0.4) is 0 Å². The number of nitrogens with two attached hydrogens (primary N) is 1. The summed E-state index contributed by atoms with van der Waals surface area (Å²) in [6.07, 6.45) is -7.67. The highest BCUT2D eigenvalue weighted by Gasteiger charge is 2.72. The van der Waals surface area contributed by atoms with Crippen molar-refractivity contribution in [1.29, 1.82) is 0 Å². The van der Waals surface area contributed by atoms with Crippen LogP contribution < -0.4 is 15.2 Å². The van der Waals surface area contributed by atoms with Crippen LogP contribution in [0, 0.1) is 11.8 Å². The van der Waals surface area contributed by atoms with Gasteiger partial charge < -0.3 is 15.2 Å². The van der Waals surface area contributed by atoms with Gasteiger partial charge in [-0.25, -0.2) is 44.0 Å². The summed E-state index contributed by atoms with van der Waals surface area (Å²) in [7, 11) is -7.81. The lowest BCUT2D eigenvalue weighted by molar-refractivity contribution is -0.127. The molecule has 0 radical (unpaired) electrons. The average Bonchev–Trinajstić information content (AvgIpc) is 3.68. The number of carbonyl (C=O) groups is 4. The molecule has 4 N–H and O–H groups in total. The van der Waals surface area contributed by atoms with Gasteiger partial charge >= 0.3 is 12.2 Å². The third kappa shape index (κ3) is 10.4. The molecule has 4 amide bonds. The normalized spacial score (nSPS) is 26.4. The van der Waals surface area contributed by atoms with Crippen LogP contribution in [-0.4, -0.2) is 91.4 Å². The lowest BCUT2D eigenvalue weighted by atomic mass is 10.1. The molecule has 0 aromatic carbocycles. The SMILES string of the molecule is CC(C)(C)OC(=O)N(C(=O)OC(C)(C)C)[C@]1(C(=O)NS(=O)(=O)C2CC2)C[C@H]1C(F)F.Cl.Cl.N[C@]1(C(=O)NS(=O)(=O)C2CC2)C[C@H]1C(F)F. The van der Waals surface area contributed by atoms with Gasteiger partial charge in [0.25, 0.3) is 11.8 Å². The lowest BCUT2D eigenvalue weighted by Gasteiger charge is -2.33. The Kier molecular flexibility index (Phi) is 13.3. The molecule has 0 unspecified atom stereocenters. The van der Waals surface area contributed by atoms with Crippen molar-refractivity contribution in [3.05, 3.63) is 0 Å². The fraction of sp³-hybridized carbons (Fsp3) is 0.846. The number of imide groups is 1. The summed E-state index contributed by atoms with van der Waals surface area (Å²) in [5.41, 5.74) is -0.977. The van der Waals surface area contributed by atoms with Crippen molar-refractivity contribution < 1.29 is 63.0 Å². The molecule has 0 heterocycles. The van der Waals surface area contributed by atoms with Gasteiger partial charge in [-0.2, -0.15) is 4.90 Å². The van der Waals surface area contributed by atoms with Gasteiger partial charge in [0, 0.05) is 5.92 Å². The molecule has 4 aliphatic rings. The Morgan fingerprint density at radius 1 is 0.708 bits per heavy atom. The van der Waals surface area contributed by atoms with Gasteiger partial charge in [0.15, 0.2) is 0 Å². The van der Waals surface area contributed by atoms with E-state index < -0.39 is 108 Å². The molecule has 4 saturated carbocycles. The first kappa shape index (κ1) is 43.9. The second kappa shape index (κ2) is 14.6. The van der Waals surface area contributed by atoms with E-state index in [9.17, 15) is 53.6 Å². The molecule has 14 nitrogen and oxygen atoms in total. The highest BCUT2D eigenvalue weighted by molar-refractivity contribution is 7.91. The predicted molar refractivity (Wildman–Crippen MR) is 167 cm³/mol. The summed E-state index contributed by atoms with van der Waals surface area (Å²) in [6, 6.07) is 0. The second-order valence-corrected chi connectivity index (χ2v) is 17.8. The number of hydrogen-bond acceptors (Lipinski definition) is 11. The lowest BCUT2D eigenvalue weighted by Crippen LogP contribution is -2.59. The topological polar surface area (TPSA) is 208 Å². The fourth-order valence-electron chi connectivity index (χ4n) is 4.45. The molecule has 4 rings (SSSR count). The summed E-state index contributed by atoms with van der Waals surface area (Å²) in [4.78, 5) is 50.1. The summed E-state index contributed by atoms with van der Waals surface area (Å²) >= 11 is 0. The fourth-order valence-corrected chi connectivity index (χ4v) is 7.18. The predicted octanol–water partition coefficient (Wildman–Crippen LogP) is 3.21. The summed E-state index contributed by atoms with van der Waals surface area (Å²) < 4.78 is 113. The number of rotatable bonds is 9. The molecule has 0 aliphatic heterocycles. The molecule has 48 heavy (non-hydrogen) atoms. The molecule has 0 bridgehead atoms. The van der Waals surface area contributed by atoms with Crippen molar-refractivity contribution in [2.45, 2.75) is 126 Å². The van der Waals surface area contributed by atoms with Gasteiger partial charge in [-0.05, 0) is 80.1 Å². The van der Waals surface area contributed by atoms with E-state index in [1.807, 2.05) is 0 Å². The average molecular weight is 782 g/mol. The van der Waals surface area contributed by atoms with Gasteiger partial charge in [0.05, 0.1) is 16.4 Å². The van der Waals surface area contributed by atoms with Crippen molar-refractivity contribution in [1.82, 2.24) is 14.3 Å². The van der Waals surface area contributed by atoms with Crippen LogP contribution >= 0.6 is 24.8 Å². The number of alkyl halides is 4. The number of nitrogens with zero attached hydrogens (tertiary/aromatic N) is 1. The summed E-state index contributed by atoms with van der Waals surface area (Å²) in [5, 5.41) is -1.37. The summed E-state index contributed by atoms with van der Waals surface area (Å²) in [5.74, 6) is -5.38.